The first-order valence-electron chi connectivity index (χ1n) is 7.46. The summed E-state index contributed by atoms with van der Waals surface area (Å²) >= 11 is 0. The Balaban J connectivity index is 1.66. The van der Waals surface area contributed by atoms with Crippen LogP contribution in [-0.4, -0.2) is 30.9 Å². The summed E-state index contributed by atoms with van der Waals surface area (Å²) in [6.07, 6.45) is 2.29. The zero-order valence-electron chi connectivity index (χ0n) is 12.8. The summed E-state index contributed by atoms with van der Waals surface area (Å²) in [6.45, 7) is 3.40. The first-order valence-corrected chi connectivity index (χ1v) is 9.07. The highest BCUT2D eigenvalue weighted by Crippen LogP contribution is 2.27. The summed E-state index contributed by atoms with van der Waals surface area (Å²) in [7, 11) is -3.36. The molecule has 1 aliphatic rings. The topological polar surface area (TPSA) is 78.1 Å². The van der Waals surface area contributed by atoms with E-state index in [9.17, 15) is 12.8 Å². The molecule has 0 spiro atoms. The average molecular weight is 338 g/mol. The second-order valence-corrected chi connectivity index (χ2v) is 7.68. The monoisotopic (exact) mass is 338 g/mol. The van der Waals surface area contributed by atoms with Crippen LogP contribution in [0.3, 0.4) is 0 Å². The maximum atomic E-state index is 14.3. The van der Waals surface area contributed by atoms with Crippen molar-refractivity contribution >= 4 is 15.7 Å². The van der Waals surface area contributed by atoms with E-state index in [2.05, 4.69) is 15.5 Å². The zero-order chi connectivity index (χ0) is 16.4. The molecule has 23 heavy (non-hydrogen) atoms. The zero-order valence-corrected chi connectivity index (χ0v) is 13.7. The lowest BCUT2D eigenvalue weighted by Gasteiger charge is -2.18. The lowest BCUT2D eigenvalue weighted by atomic mass is 10.2. The van der Waals surface area contributed by atoms with Crippen LogP contribution in [-0.2, 0) is 23.1 Å². The van der Waals surface area contributed by atoms with Gasteiger partial charge in [-0.1, -0.05) is 6.07 Å². The number of hydrogen-bond acceptors (Lipinski definition) is 4. The number of rotatable bonds is 5. The van der Waals surface area contributed by atoms with Crippen molar-refractivity contribution in [2.24, 2.45) is 0 Å². The third-order valence-electron chi connectivity index (χ3n) is 3.94. The van der Waals surface area contributed by atoms with Crippen molar-refractivity contribution in [3.63, 3.8) is 0 Å². The molecule has 6 nitrogen and oxygen atoms in total. The third kappa shape index (κ3) is 3.37. The number of aromatic amines is 1. The van der Waals surface area contributed by atoms with Gasteiger partial charge in [0.2, 0.25) is 10.0 Å². The predicted molar refractivity (Wildman–Crippen MR) is 86.0 cm³/mol. The van der Waals surface area contributed by atoms with E-state index in [0.29, 0.717) is 26.1 Å². The molecule has 0 radical (unpaired) electrons. The first kappa shape index (κ1) is 15.9. The van der Waals surface area contributed by atoms with E-state index in [1.54, 1.807) is 12.3 Å². The molecule has 0 atom stereocenters. The number of H-pyrrole nitrogens is 1. The van der Waals surface area contributed by atoms with Crippen molar-refractivity contribution in [2.75, 3.05) is 16.6 Å². The summed E-state index contributed by atoms with van der Waals surface area (Å²) in [5.41, 5.74) is 2.96. The fourth-order valence-corrected chi connectivity index (χ4v) is 4.23. The molecule has 1 aromatic heterocycles. The quantitative estimate of drug-likeness (QED) is 0.870. The Bertz CT molecular complexity index is 804. The molecule has 1 saturated heterocycles. The normalized spacial score (nSPS) is 16.9. The third-order valence-corrected chi connectivity index (χ3v) is 5.80. The maximum absolute atomic E-state index is 14.3. The number of halogens is 1. The molecular formula is C15H19FN4O2S. The van der Waals surface area contributed by atoms with E-state index in [0.717, 1.165) is 21.1 Å². The van der Waals surface area contributed by atoms with Crippen LogP contribution in [0.1, 0.15) is 23.2 Å². The molecule has 124 valence electrons. The summed E-state index contributed by atoms with van der Waals surface area (Å²) in [5.74, 6) is -0.424. The summed E-state index contributed by atoms with van der Waals surface area (Å²) < 4.78 is 39.2. The SMILES string of the molecule is Cc1cn[nH]c1CNCc1ccc(N2CCCS2(=O)=O)c(F)c1. The van der Waals surface area contributed by atoms with Gasteiger partial charge in [-0.15, -0.1) is 0 Å². The van der Waals surface area contributed by atoms with E-state index in [1.807, 2.05) is 6.92 Å². The number of nitrogens with one attached hydrogen (secondary N) is 2. The first-order chi connectivity index (χ1) is 11.0. The van der Waals surface area contributed by atoms with E-state index < -0.39 is 15.8 Å². The fraction of sp³-hybridized carbons (Fsp3) is 0.400. The van der Waals surface area contributed by atoms with Crippen LogP contribution in [0.2, 0.25) is 0 Å². The van der Waals surface area contributed by atoms with Crippen LogP contribution in [0.4, 0.5) is 10.1 Å². The van der Waals surface area contributed by atoms with Gasteiger partial charge in [-0.05, 0) is 36.6 Å². The second-order valence-electron chi connectivity index (χ2n) is 5.66. The smallest absolute Gasteiger partial charge is 0.235 e. The molecule has 0 unspecified atom stereocenters. The molecule has 0 amide bonds. The van der Waals surface area contributed by atoms with Crippen LogP contribution < -0.4 is 9.62 Å². The Kier molecular flexibility index (Phi) is 4.36. The van der Waals surface area contributed by atoms with Crippen LogP contribution in [0, 0.1) is 12.7 Å². The largest absolute Gasteiger partial charge is 0.307 e. The van der Waals surface area contributed by atoms with Gasteiger partial charge in [-0.2, -0.15) is 5.10 Å². The number of anilines is 1. The Morgan fingerprint density at radius 3 is 2.83 bits per heavy atom. The molecule has 2 heterocycles. The number of aryl methyl sites for hydroxylation is 1. The van der Waals surface area contributed by atoms with E-state index in [1.165, 1.54) is 12.1 Å². The molecule has 0 saturated carbocycles. The van der Waals surface area contributed by atoms with E-state index >= 15 is 0 Å². The van der Waals surface area contributed by atoms with Gasteiger partial charge >= 0.3 is 0 Å². The van der Waals surface area contributed by atoms with Crippen molar-refractivity contribution in [3.05, 3.63) is 47.0 Å². The molecule has 1 aliphatic heterocycles. The minimum atomic E-state index is -3.36. The highest BCUT2D eigenvalue weighted by atomic mass is 32.2. The average Bonchev–Trinajstić information content (AvgIpc) is 3.05. The van der Waals surface area contributed by atoms with Gasteiger partial charge in [0.25, 0.3) is 0 Å². The van der Waals surface area contributed by atoms with Crippen molar-refractivity contribution in [2.45, 2.75) is 26.4 Å². The number of sulfonamides is 1. The van der Waals surface area contributed by atoms with Crippen molar-refractivity contribution in [3.8, 4) is 0 Å². The van der Waals surface area contributed by atoms with Gasteiger partial charge in [0.15, 0.2) is 0 Å². The fourth-order valence-electron chi connectivity index (χ4n) is 2.66. The number of aromatic nitrogens is 2. The number of nitrogens with zero attached hydrogens (tertiary/aromatic N) is 2. The standard InChI is InChI=1S/C15H19FN4O2S/c1-11-8-18-19-14(11)10-17-9-12-3-4-15(13(16)7-12)20-5-2-6-23(20,21)22/h3-4,7-8,17H,2,5-6,9-10H2,1H3,(H,18,19). The van der Waals surface area contributed by atoms with Gasteiger partial charge in [0.1, 0.15) is 5.82 Å². The Morgan fingerprint density at radius 1 is 1.39 bits per heavy atom. The molecule has 1 aromatic carbocycles. The molecule has 0 bridgehead atoms. The van der Waals surface area contributed by atoms with Crippen molar-refractivity contribution in [1.29, 1.82) is 0 Å². The van der Waals surface area contributed by atoms with Crippen LogP contribution in [0.15, 0.2) is 24.4 Å². The van der Waals surface area contributed by atoms with Gasteiger partial charge in [-0.25, -0.2) is 12.8 Å². The number of hydrogen-bond donors (Lipinski definition) is 2. The maximum Gasteiger partial charge on any atom is 0.235 e. The Labute approximate surface area is 134 Å². The molecule has 2 N–H and O–H groups in total. The predicted octanol–water partition coefficient (Wildman–Crippen LogP) is 1.69. The van der Waals surface area contributed by atoms with E-state index in [-0.39, 0.29) is 11.4 Å². The lowest BCUT2D eigenvalue weighted by Crippen LogP contribution is -2.26. The molecule has 2 aromatic rings. The van der Waals surface area contributed by atoms with Crippen LogP contribution in [0.5, 0.6) is 0 Å². The van der Waals surface area contributed by atoms with Gasteiger partial charge in [-0.3, -0.25) is 9.40 Å². The van der Waals surface area contributed by atoms with Gasteiger partial charge in [0, 0.05) is 19.6 Å². The van der Waals surface area contributed by atoms with Gasteiger partial charge in [0.05, 0.1) is 23.3 Å². The summed E-state index contributed by atoms with van der Waals surface area (Å²) in [4.78, 5) is 0. The lowest BCUT2D eigenvalue weighted by molar-refractivity contribution is 0.593. The second kappa shape index (κ2) is 6.29. The van der Waals surface area contributed by atoms with Crippen molar-refractivity contribution in [1.82, 2.24) is 15.5 Å². The molecule has 0 aliphatic carbocycles. The molecule has 8 heteroatoms. The molecular weight excluding hydrogens is 319 g/mol. The molecule has 1 fully saturated rings. The minimum absolute atomic E-state index is 0.0826. The van der Waals surface area contributed by atoms with Gasteiger partial charge < -0.3 is 5.32 Å². The summed E-state index contributed by atoms with van der Waals surface area (Å²) in [5, 5.41) is 10.0. The highest BCUT2D eigenvalue weighted by Gasteiger charge is 2.30. The van der Waals surface area contributed by atoms with E-state index in [4.69, 9.17) is 0 Å². The minimum Gasteiger partial charge on any atom is -0.307 e. The van der Waals surface area contributed by atoms with Crippen LogP contribution >= 0.6 is 0 Å². The highest BCUT2D eigenvalue weighted by molar-refractivity contribution is 7.93. The molecule has 3 rings (SSSR count). The number of benzene rings is 1. The van der Waals surface area contributed by atoms with Crippen LogP contribution in [0.25, 0.3) is 0 Å². The summed E-state index contributed by atoms with van der Waals surface area (Å²) in [6, 6.07) is 4.67. The van der Waals surface area contributed by atoms with Crippen molar-refractivity contribution < 1.29 is 12.8 Å². The Hall–Kier alpha value is -1.93. The Morgan fingerprint density at radius 2 is 2.22 bits per heavy atom.